The first-order chi connectivity index (χ1) is 7.80. The molecule has 2 rings (SSSR count). The number of hydrogen-bond donors (Lipinski definition) is 1. The van der Waals surface area contributed by atoms with Crippen LogP contribution in [0.5, 0.6) is 0 Å². The van der Waals surface area contributed by atoms with Crippen molar-refractivity contribution in [3.05, 3.63) is 30.0 Å². The summed E-state index contributed by atoms with van der Waals surface area (Å²) < 4.78 is 23.9. The number of carbonyl (C=O) groups is 1. The molecule has 5 nitrogen and oxygen atoms in total. The van der Waals surface area contributed by atoms with Crippen molar-refractivity contribution >= 4 is 26.8 Å². The first-order valence-electron chi connectivity index (χ1n) is 4.86. The number of carboxylic acid groups (broad SMARTS) is 1. The molecule has 0 saturated carbocycles. The number of sulfone groups is 1. The van der Waals surface area contributed by atoms with E-state index in [2.05, 4.69) is 0 Å². The highest BCUT2D eigenvalue weighted by atomic mass is 32.2. The molecule has 2 aromatic rings. The lowest BCUT2D eigenvalue weighted by atomic mass is 10.2. The molecule has 17 heavy (non-hydrogen) atoms. The van der Waals surface area contributed by atoms with E-state index < -0.39 is 15.9 Å². The van der Waals surface area contributed by atoms with Crippen LogP contribution in [-0.2, 0) is 9.84 Å². The van der Waals surface area contributed by atoms with Crippen molar-refractivity contribution in [2.24, 2.45) is 0 Å². The second kappa shape index (κ2) is 3.59. The van der Waals surface area contributed by atoms with Gasteiger partial charge in [0.05, 0.1) is 10.4 Å². The van der Waals surface area contributed by atoms with Gasteiger partial charge in [-0.3, -0.25) is 0 Å². The maximum atomic E-state index is 11.4. The topological polar surface area (TPSA) is 76.4 Å². The van der Waals surface area contributed by atoms with Crippen LogP contribution in [0.1, 0.15) is 5.69 Å². The molecule has 0 bridgehead atoms. The summed E-state index contributed by atoms with van der Waals surface area (Å²) in [6, 6.07) is 6.17. The molecule has 1 N–H and O–H groups in total. The Bertz CT molecular complexity index is 712. The van der Waals surface area contributed by atoms with Crippen molar-refractivity contribution in [2.45, 2.75) is 11.8 Å². The molecule has 6 heteroatoms. The average Bonchev–Trinajstić information content (AvgIpc) is 2.50. The van der Waals surface area contributed by atoms with Crippen LogP contribution in [0.4, 0.5) is 4.79 Å². The lowest BCUT2D eigenvalue weighted by molar-refractivity contribution is 0.197. The van der Waals surface area contributed by atoms with E-state index >= 15 is 0 Å². The summed E-state index contributed by atoms with van der Waals surface area (Å²) in [6.07, 6.45) is -0.0298. The summed E-state index contributed by atoms with van der Waals surface area (Å²) >= 11 is 0. The van der Waals surface area contributed by atoms with Gasteiger partial charge in [-0.25, -0.2) is 17.8 Å². The Morgan fingerprint density at radius 1 is 1.29 bits per heavy atom. The highest BCUT2D eigenvalue weighted by Crippen LogP contribution is 2.22. The Balaban J connectivity index is 2.84. The summed E-state index contributed by atoms with van der Waals surface area (Å²) in [5.41, 5.74) is 0.941. The van der Waals surface area contributed by atoms with E-state index in [9.17, 15) is 13.2 Å². The van der Waals surface area contributed by atoms with Crippen molar-refractivity contribution in [1.82, 2.24) is 4.57 Å². The predicted octanol–water partition coefficient (Wildman–Crippen LogP) is 1.88. The Morgan fingerprint density at radius 3 is 2.47 bits per heavy atom. The maximum absolute atomic E-state index is 11.4. The number of rotatable bonds is 1. The molecule has 0 radical (unpaired) electrons. The molecule has 90 valence electrons. The molecule has 0 amide bonds. The Hall–Kier alpha value is -1.82. The molecule has 0 unspecified atom stereocenters. The van der Waals surface area contributed by atoms with Gasteiger partial charge in [0.15, 0.2) is 9.84 Å². The van der Waals surface area contributed by atoms with Crippen molar-refractivity contribution in [1.29, 1.82) is 0 Å². The maximum Gasteiger partial charge on any atom is 0.416 e. The summed E-state index contributed by atoms with van der Waals surface area (Å²) in [4.78, 5) is 11.2. The lowest BCUT2D eigenvalue weighted by Crippen LogP contribution is -2.09. The van der Waals surface area contributed by atoms with Gasteiger partial charge in [0, 0.05) is 17.3 Å². The van der Waals surface area contributed by atoms with Gasteiger partial charge < -0.3 is 5.11 Å². The van der Waals surface area contributed by atoms with E-state index in [0.717, 1.165) is 10.8 Å². The molecule has 0 aliphatic heterocycles. The normalized spacial score (nSPS) is 11.9. The number of fused-ring (bicyclic) bond motifs is 1. The molecule has 1 heterocycles. The molecular weight excluding hydrogens is 242 g/mol. The van der Waals surface area contributed by atoms with Gasteiger partial charge in [0.2, 0.25) is 0 Å². The van der Waals surface area contributed by atoms with E-state index in [-0.39, 0.29) is 4.90 Å². The smallest absolute Gasteiger partial charge is 0.416 e. The zero-order valence-corrected chi connectivity index (χ0v) is 10.2. The van der Waals surface area contributed by atoms with Gasteiger partial charge in [-0.2, -0.15) is 0 Å². The Labute approximate surface area is 98.2 Å². The quantitative estimate of drug-likeness (QED) is 0.841. The minimum atomic E-state index is -3.33. The Morgan fingerprint density at radius 2 is 1.94 bits per heavy atom. The molecule has 0 aliphatic carbocycles. The zero-order valence-electron chi connectivity index (χ0n) is 9.34. The molecular formula is C11H11NO4S. The SMILES string of the molecule is Cc1cc2ccc(S(C)(=O)=O)cc2n1C(=O)O. The van der Waals surface area contributed by atoms with Crippen LogP contribution in [-0.4, -0.2) is 30.4 Å². The van der Waals surface area contributed by atoms with Gasteiger partial charge in [0.1, 0.15) is 0 Å². The highest BCUT2D eigenvalue weighted by molar-refractivity contribution is 7.90. The van der Waals surface area contributed by atoms with Gasteiger partial charge >= 0.3 is 6.09 Å². The zero-order chi connectivity index (χ0) is 12.8. The molecule has 0 spiro atoms. The summed E-state index contributed by atoms with van der Waals surface area (Å²) in [7, 11) is -3.33. The summed E-state index contributed by atoms with van der Waals surface area (Å²) in [6.45, 7) is 1.66. The van der Waals surface area contributed by atoms with E-state index in [1.165, 1.54) is 12.1 Å². The number of aryl methyl sites for hydroxylation is 1. The second-order valence-electron chi connectivity index (χ2n) is 3.90. The van der Waals surface area contributed by atoms with Gasteiger partial charge in [-0.05, 0) is 25.1 Å². The molecule has 0 aliphatic rings. The number of hydrogen-bond acceptors (Lipinski definition) is 3. The van der Waals surface area contributed by atoms with Gasteiger partial charge in [-0.1, -0.05) is 6.07 Å². The largest absolute Gasteiger partial charge is 0.464 e. The number of benzene rings is 1. The van der Waals surface area contributed by atoms with Gasteiger partial charge in [-0.15, -0.1) is 0 Å². The van der Waals surface area contributed by atoms with Crippen molar-refractivity contribution in [2.75, 3.05) is 6.26 Å². The van der Waals surface area contributed by atoms with E-state index in [0.29, 0.717) is 16.6 Å². The van der Waals surface area contributed by atoms with Crippen molar-refractivity contribution in [3.63, 3.8) is 0 Å². The van der Waals surface area contributed by atoms with Crippen molar-refractivity contribution in [3.8, 4) is 0 Å². The van der Waals surface area contributed by atoms with Crippen molar-refractivity contribution < 1.29 is 18.3 Å². The molecule has 0 saturated heterocycles. The third kappa shape index (κ3) is 1.91. The fraction of sp³-hybridized carbons (Fsp3) is 0.182. The minimum absolute atomic E-state index is 0.116. The van der Waals surface area contributed by atoms with Crippen LogP contribution in [0.25, 0.3) is 10.9 Å². The first-order valence-corrected chi connectivity index (χ1v) is 6.75. The van der Waals surface area contributed by atoms with Crippen LogP contribution >= 0.6 is 0 Å². The van der Waals surface area contributed by atoms with Crippen LogP contribution < -0.4 is 0 Å². The van der Waals surface area contributed by atoms with Crippen LogP contribution in [0.2, 0.25) is 0 Å². The fourth-order valence-corrected chi connectivity index (χ4v) is 2.44. The fourth-order valence-electron chi connectivity index (χ4n) is 1.80. The Kier molecular flexibility index (Phi) is 2.46. The molecule has 1 aromatic heterocycles. The third-order valence-corrected chi connectivity index (χ3v) is 3.69. The highest BCUT2D eigenvalue weighted by Gasteiger charge is 2.14. The minimum Gasteiger partial charge on any atom is -0.464 e. The first kappa shape index (κ1) is 11.7. The number of nitrogens with zero attached hydrogens (tertiary/aromatic N) is 1. The second-order valence-corrected chi connectivity index (χ2v) is 5.91. The number of aromatic nitrogens is 1. The molecule has 1 aromatic carbocycles. The summed E-state index contributed by atoms with van der Waals surface area (Å²) in [5, 5.41) is 9.77. The van der Waals surface area contributed by atoms with Crippen LogP contribution in [0, 0.1) is 6.92 Å². The van der Waals surface area contributed by atoms with E-state index in [1.54, 1.807) is 19.1 Å². The monoisotopic (exact) mass is 253 g/mol. The molecule has 0 atom stereocenters. The van der Waals surface area contributed by atoms with Gasteiger partial charge in [0.25, 0.3) is 0 Å². The van der Waals surface area contributed by atoms with E-state index in [4.69, 9.17) is 5.11 Å². The third-order valence-electron chi connectivity index (χ3n) is 2.58. The predicted molar refractivity (Wildman–Crippen MR) is 63.2 cm³/mol. The van der Waals surface area contributed by atoms with Crippen LogP contribution in [0.3, 0.4) is 0 Å². The lowest BCUT2D eigenvalue weighted by Gasteiger charge is -2.02. The van der Waals surface area contributed by atoms with Crippen LogP contribution in [0.15, 0.2) is 29.2 Å². The average molecular weight is 253 g/mol. The summed E-state index contributed by atoms with van der Waals surface area (Å²) in [5.74, 6) is 0. The standard InChI is InChI=1S/C11H11NO4S/c1-7-5-8-3-4-9(17(2,15)16)6-10(8)12(7)11(13)14/h3-6H,1-2H3,(H,13,14). The van der Waals surface area contributed by atoms with E-state index in [1.807, 2.05) is 0 Å². The molecule has 0 fully saturated rings.